The van der Waals surface area contributed by atoms with Crippen LogP contribution in [-0.2, 0) is 7.05 Å². The predicted molar refractivity (Wildman–Crippen MR) is 66.8 cm³/mol. The molecule has 0 bridgehead atoms. The molecule has 0 spiro atoms. The van der Waals surface area contributed by atoms with Gasteiger partial charge in [0.05, 0.1) is 12.8 Å². The molecule has 2 aromatic rings. The predicted octanol–water partition coefficient (Wildman–Crippen LogP) is -1.77. The summed E-state index contributed by atoms with van der Waals surface area (Å²) in [5.74, 6) is -0.352. The number of benzene rings is 1. The summed E-state index contributed by atoms with van der Waals surface area (Å²) >= 11 is 1.38. The maximum absolute atomic E-state index is 11.9. The highest BCUT2D eigenvalue weighted by Gasteiger charge is 2.13. The fraction of sp³-hybridized carbons (Fsp3) is 0.167. The average Bonchev–Trinajstić information content (AvgIpc) is 2.75. The van der Waals surface area contributed by atoms with E-state index in [1.54, 1.807) is 6.20 Å². The molecule has 2 rings (SSSR count). The number of aryl methyl sites for hydroxylation is 1. The Bertz CT molecular complexity index is 586. The van der Waals surface area contributed by atoms with E-state index in [0.717, 1.165) is 5.16 Å². The number of carbonyl (C=O) groups excluding carboxylic acids is 1. The number of nitrogens with one attached hydrogen (secondary N) is 1. The van der Waals surface area contributed by atoms with Crippen molar-refractivity contribution in [2.24, 2.45) is 7.05 Å². The first kappa shape index (κ1) is 15.4. The molecule has 7 heteroatoms. The highest BCUT2D eigenvalue weighted by molar-refractivity contribution is 7.99. The van der Waals surface area contributed by atoms with Gasteiger partial charge in [-0.2, -0.15) is 0 Å². The zero-order valence-corrected chi connectivity index (χ0v) is 11.7. The van der Waals surface area contributed by atoms with Gasteiger partial charge in [0, 0.05) is 5.56 Å². The maximum Gasteiger partial charge on any atom is 0.315 e. The van der Waals surface area contributed by atoms with Crippen molar-refractivity contribution >= 4 is 17.5 Å². The van der Waals surface area contributed by atoms with Crippen molar-refractivity contribution in [2.45, 2.75) is 5.16 Å². The number of halogens is 1. The molecule has 0 aliphatic rings. The lowest BCUT2D eigenvalue weighted by Gasteiger charge is -2.01. The van der Waals surface area contributed by atoms with E-state index < -0.39 is 0 Å². The van der Waals surface area contributed by atoms with Crippen molar-refractivity contribution in [3.8, 4) is 11.5 Å². The second kappa shape index (κ2) is 6.49. The number of rotatable bonds is 4. The van der Waals surface area contributed by atoms with Gasteiger partial charge in [0.25, 0.3) is 0 Å². The van der Waals surface area contributed by atoms with E-state index in [1.165, 1.54) is 30.0 Å². The van der Waals surface area contributed by atoms with Crippen molar-refractivity contribution < 1.29 is 32.0 Å². The number of thioether (sulfide) groups is 1. The smallest absolute Gasteiger partial charge is 0.315 e. The van der Waals surface area contributed by atoms with Crippen molar-refractivity contribution in [2.75, 3.05) is 5.75 Å². The van der Waals surface area contributed by atoms with E-state index in [1.807, 2.05) is 17.8 Å². The third kappa shape index (κ3) is 3.65. The molecule has 0 unspecified atom stereocenters. The molecule has 19 heavy (non-hydrogen) atoms. The van der Waals surface area contributed by atoms with Crippen LogP contribution < -0.4 is 17.0 Å². The molecule has 5 nitrogen and oxygen atoms in total. The number of imidazole rings is 1. The van der Waals surface area contributed by atoms with Gasteiger partial charge in [-0.05, 0) is 30.0 Å². The Morgan fingerprint density at radius 3 is 2.68 bits per heavy atom. The van der Waals surface area contributed by atoms with Gasteiger partial charge in [-0.15, -0.1) is 0 Å². The van der Waals surface area contributed by atoms with Crippen LogP contribution in [0.2, 0.25) is 0 Å². The molecular weight excluding hydrogens is 288 g/mol. The molecule has 1 aromatic heterocycles. The molecule has 0 amide bonds. The highest BCUT2D eigenvalue weighted by atomic mass is 35.5. The van der Waals surface area contributed by atoms with Gasteiger partial charge in [0.15, 0.2) is 17.3 Å². The Morgan fingerprint density at radius 1 is 1.37 bits per heavy atom. The van der Waals surface area contributed by atoms with Crippen molar-refractivity contribution in [3.63, 3.8) is 0 Å². The number of H-pyrrole nitrogens is 1. The summed E-state index contributed by atoms with van der Waals surface area (Å²) in [6.45, 7) is 0. The molecule has 0 saturated carbocycles. The first-order chi connectivity index (χ1) is 8.58. The van der Waals surface area contributed by atoms with Gasteiger partial charge in [-0.1, -0.05) is 0 Å². The number of hydrogen-bond donors (Lipinski definition) is 3. The molecule has 1 aromatic carbocycles. The van der Waals surface area contributed by atoms with Gasteiger partial charge < -0.3 is 22.6 Å². The first-order valence-corrected chi connectivity index (χ1v) is 6.27. The summed E-state index contributed by atoms with van der Waals surface area (Å²) < 4.78 is 1.88. The molecule has 3 N–H and O–H groups in total. The Morgan fingerprint density at radius 2 is 2.11 bits per heavy atom. The number of phenols is 2. The molecule has 0 aliphatic heterocycles. The number of phenolic OH excluding ortho intramolecular Hbond substituents is 2. The summed E-state index contributed by atoms with van der Waals surface area (Å²) in [6.07, 6.45) is 3.65. The van der Waals surface area contributed by atoms with Crippen LogP contribution in [0.15, 0.2) is 35.7 Å². The van der Waals surface area contributed by atoms with Crippen molar-refractivity contribution in [1.29, 1.82) is 0 Å². The normalized spacial score (nSPS) is 9.95. The number of aromatic hydroxyl groups is 2. The number of aromatic nitrogens is 2. The van der Waals surface area contributed by atoms with Gasteiger partial charge >= 0.3 is 5.16 Å². The van der Waals surface area contributed by atoms with Crippen LogP contribution in [0.3, 0.4) is 0 Å². The highest BCUT2D eigenvalue weighted by Crippen LogP contribution is 2.25. The molecule has 0 radical (unpaired) electrons. The molecule has 0 atom stereocenters. The standard InChI is InChI=1S/C12H12N2O3S.ClH/c1-14-5-4-13-12(14)18-7-11(17)8-2-3-9(15)10(16)6-8;/h2-6H,7H2,1H3,(H2,15,16,17);1H. The summed E-state index contributed by atoms with van der Waals surface area (Å²) in [4.78, 5) is 14.9. The van der Waals surface area contributed by atoms with Gasteiger partial charge in [-0.3, -0.25) is 4.79 Å². The third-order valence-corrected chi connectivity index (χ3v) is 3.55. The monoisotopic (exact) mass is 300 g/mol. The number of aromatic amines is 1. The van der Waals surface area contributed by atoms with Gasteiger partial charge in [0.2, 0.25) is 0 Å². The number of nitrogens with zero attached hydrogens (tertiary/aromatic N) is 1. The third-order valence-electron chi connectivity index (χ3n) is 2.46. The number of hydrogen-bond acceptors (Lipinski definition) is 4. The first-order valence-electron chi connectivity index (χ1n) is 5.29. The van der Waals surface area contributed by atoms with Crippen LogP contribution in [0.4, 0.5) is 0 Å². The van der Waals surface area contributed by atoms with E-state index in [-0.39, 0.29) is 35.4 Å². The molecular formula is C12H13ClN2O3S. The van der Waals surface area contributed by atoms with E-state index in [0.29, 0.717) is 5.56 Å². The van der Waals surface area contributed by atoms with E-state index in [9.17, 15) is 9.90 Å². The Labute approximate surface area is 120 Å². The fourth-order valence-electron chi connectivity index (χ4n) is 1.45. The van der Waals surface area contributed by atoms with Crippen LogP contribution in [0.25, 0.3) is 0 Å². The van der Waals surface area contributed by atoms with E-state index in [4.69, 9.17) is 5.11 Å². The minimum atomic E-state index is -0.281. The molecule has 0 aliphatic carbocycles. The average molecular weight is 301 g/mol. The largest absolute Gasteiger partial charge is 1.00 e. The Hall–Kier alpha value is -1.66. The fourth-order valence-corrected chi connectivity index (χ4v) is 2.30. The van der Waals surface area contributed by atoms with Crippen molar-refractivity contribution in [1.82, 2.24) is 4.98 Å². The number of carbonyl (C=O) groups is 1. The van der Waals surface area contributed by atoms with Crippen molar-refractivity contribution in [3.05, 3.63) is 36.2 Å². The molecule has 0 saturated heterocycles. The number of ketones is 1. The topological polar surface area (TPSA) is 77.2 Å². The van der Waals surface area contributed by atoms with Gasteiger partial charge in [0.1, 0.15) is 12.4 Å². The quantitative estimate of drug-likeness (QED) is 0.270. The Balaban J connectivity index is 0.00000180. The van der Waals surface area contributed by atoms with Crippen LogP contribution in [0.5, 0.6) is 11.5 Å². The minimum absolute atomic E-state index is 0. The van der Waals surface area contributed by atoms with Crippen LogP contribution in [-0.4, -0.2) is 26.7 Å². The lowest BCUT2D eigenvalue weighted by atomic mass is 10.1. The second-order valence-electron chi connectivity index (χ2n) is 3.79. The maximum atomic E-state index is 11.9. The van der Waals surface area contributed by atoms with Gasteiger partial charge in [-0.25, -0.2) is 9.55 Å². The lowest BCUT2D eigenvalue weighted by Crippen LogP contribution is -3.00. The van der Waals surface area contributed by atoms with E-state index >= 15 is 0 Å². The van der Waals surface area contributed by atoms with Crippen LogP contribution in [0, 0.1) is 0 Å². The lowest BCUT2D eigenvalue weighted by molar-refractivity contribution is -0.708. The van der Waals surface area contributed by atoms with Crippen LogP contribution >= 0.6 is 11.8 Å². The summed E-state index contributed by atoms with van der Waals surface area (Å²) in [6, 6.07) is 4.07. The second-order valence-corrected chi connectivity index (χ2v) is 4.76. The molecule has 0 fully saturated rings. The molecule has 102 valence electrons. The Kier molecular flexibility index (Phi) is 5.26. The summed E-state index contributed by atoms with van der Waals surface area (Å²) in [5, 5.41) is 19.4. The van der Waals surface area contributed by atoms with Crippen LogP contribution in [0.1, 0.15) is 10.4 Å². The van der Waals surface area contributed by atoms with E-state index in [2.05, 4.69) is 4.98 Å². The summed E-state index contributed by atoms with van der Waals surface area (Å²) in [5.41, 5.74) is 0.381. The SMILES string of the molecule is C[n+]1cc[nH]c1SCC(=O)c1ccc(O)c(O)c1.[Cl-]. The zero-order valence-electron chi connectivity index (χ0n) is 10.1. The molecule has 1 heterocycles. The number of Topliss-reactive ketones (excluding diaryl/α,β-unsaturated/α-hetero) is 1. The zero-order chi connectivity index (χ0) is 13.1. The summed E-state index contributed by atoms with van der Waals surface area (Å²) in [7, 11) is 1.88. The minimum Gasteiger partial charge on any atom is -1.00 e.